The number of benzene rings is 1. The number of aliphatic hydroxyl groups is 1. The molecule has 60 valence electrons. The molecular formula is C9H11KO2. The molecule has 0 aliphatic heterocycles. The van der Waals surface area contributed by atoms with E-state index >= 15 is 0 Å². The summed E-state index contributed by atoms with van der Waals surface area (Å²) in [4.78, 5) is 0. The van der Waals surface area contributed by atoms with Crippen LogP contribution in [0.3, 0.4) is 0 Å². The zero-order valence-corrected chi connectivity index (χ0v) is 10.4. The molecule has 0 saturated carbocycles. The van der Waals surface area contributed by atoms with Crippen LogP contribution in [0.15, 0.2) is 24.3 Å². The monoisotopic (exact) mass is 190 g/mol. The third-order valence-corrected chi connectivity index (χ3v) is 1.55. The smallest absolute Gasteiger partial charge is 0.872 e. The van der Waals surface area contributed by atoms with Gasteiger partial charge >= 0.3 is 51.4 Å². The molecule has 1 rings (SSSR count). The van der Waals surface area contributed by atoms with Crippen molar-refractivity contribution >= 4 is 0 Å². The van der Waals surface area contributed by atoms with Gasteiger partial charge in [0.25, 0.3) is 0 Å². The van der Waals surface area contributed by atoms with Gasteiger partial charge < -0.3 is 10.2 Å². The molecule has 0 unspecified atom stereocenters. The quantitative estimate of drug-likeness (QED) is 0.544. The van der Waals surface area contributed by atoms with E-state index in [1.54, 1.807) is 24.3 Å². The molecule has 1 aromatic carbocycles. The van der Waals surface area contributed by atoms with Gasteiger partial charge in [-0.25, -0.2) is 0 Å². The molecule has 1 aromatic rings. The molecule has 3 heteroatoms. The van der Waals surface area contributed by atoms with Crippen molar-refractivity contribution in [3.05, 3.63) is 29.8 Å². The molecule has 0 aliphatic carbocycles. The topological polar surface area (TPSA) is 43.3 Å². The molecule has 2 nitrogen and oxygen atoms in total. The summed E-state index contributed by atoms with van der Waals surface area (Å²) >= 11 is 0. The average molecular weight is 190 g/mol. The van der Waals surface area contributed by atoms with Crippen molar-refractivity contribution in [2.24, 2.45) is 0 Å². The van der Waals surface area contributed by atoms with Gasteiger partial charge in [-0.1, -0.05) is 24.3 Å². The molecule has 0 atom stereocenters. The van der Waals surface area contributed by atoms with Gasteiger partial charge in [-0.05, 0) is 18.4 Å². The van der Waals surface area contributed by atoms with E-state index in [9.17, 15) is 5.11 Å². The van der Waals surface area contributed by atoms with Crippen LogP contribution >= 0.6 is 0 Å². The first-order valence-corrected chi connectivity index (χ1v) is 3.70. The molecule has 12 heavy (non-hydrogen) atoms. The van der Waals surface area contributed by atoms with Crippen LogP contribution in [0, 0.1) is 0 Å². The van der Waals surface area contributed by atoms with Crippen molar-refractivity contribution in [2.45, 2.75) is 12.8 Å². The van der Waals surface area contributed by atoms with Gasteiger partial charge in [-0.15, -0.1) is 5.75 Å². The fourth-order valence-corrected chi connectivity index (χ4v) is 0.939. The fourth-order valence-electron chi connectivity index (χ4n) is 0.939. The number of aliphatic hydroxyl groups excluding tert-OH is 1. The van der Waals surface area contributed by atoms with E-state index < -0.39 is 0 Å². The summed E-state index contributed by atoms with van der Waals surface area (Å²) < 4.78 is 0. The molecule has 0 spiro atoms. The minimum atomic E-state index is 0. The summed E-state index contributed by atoms with van der Waals surface area (Å²) in [6, 6.07) is 6.70. The third kappa shape index (κ3) is 4.60. The first-order valence-electron chi connectivity index (χ1n) is 3.70. The maximum Gasteiger partial charge on any atom is 1.00 e. The van der Waals surface area contributed by atoms with Crippen molar-refractivity contribution in [1.29, 1.82) is 0 Å². The minimum Gasteiger partial charge on any atom is -0.872 e. The zero-order chi connectivity index (χ0) is 8.10. The van der Waals surface area contributed by atoms with E-state index in [4.69, 9.17) is 5.11 Å². The van der Waals surface area contributed by atoms with E-state index in [-0.39, 0.29) is 63.7 Å². The van der Waals surface area contributed by atoms with Crippen LogP contribution in [0.4, 0.5) is 0 Å². The van der Waals surface area contributed by atoms with Crippen LogP contribution in [0.2, 0.25) is 0 Å². The van der Waals surface area contributed by atoms with E-state index in [1.165, 1.54) is 0 Å². The van der Waals surface area contributed by atoms with Crippen LogP contribution in [0.5, 0.6) is 5.75 Å². The van der Waals surface area contributed by atoms with Crippen molar-refractivity contribution < 1.29 is 61.6 Å². The molecule has 0 radical (unpaired) electrons. The van der Waals surface area contributed by atoms with Crippen LogP contribution < -0.4 is 56.5 Å². The van der Waals surface area contributed by atoms with Crippen LogP contribution in [0.25, 0.3) is 0 Å². The largest absolute Gasteiger partial charge is 1.00 e. The van der Waals surface area contributed by atoms with Gasteiger partial charge in [0, 0.05) is 6.61 Å². The van der Waals surface area contributed by atoms with E-state index in [0.29, 0.717) is 0 Å². The van der Waals surface area contributed by atoms with Gasteiger partial charge in [0.2, 0.25) is 0 Å². The number of hydrogen-bond donors (Lipinski definition) is 1. The second-order valence-electron chi connectivity index (χ2n) is 2.47. The zero-order valence-electron chi connectivity index (χ0n) is 7.29. The van der Waals surface area contributed by atoms with Crippen molar-refractivity contribution in [3.63, 3.8) is 0 Å². The third-order valence-electron chi connectivity index (χ3n) is 1.55. The van der Waals surface area contributed by atoms with E-state index in [2.05, 4.69) is 0 Å². The Morgan fingerprint density at radius 2 is 1.75 bits per heavy atom. The summed E-state index contributed by atoms with van der Waals surface area (Å²) in [5, 5.41) is 19.2. The number of rotatable bonds is 3. The SMILES string of the molecule is [K+].[O-]c1ccc(CCCO)cc1. The molecule has 0 fully saturated rings. The predicted molar refractivity (Wildman–Crippen MR) is 41.3 cm³/mol. The Kier molecular flexibility index (Phi) is 7.42. The van der Waals surface area contributed by atoms with Crippen molar-refractivity contribution in [1.82, 2.24) is 0 Å². The predicted octanol–water partition coefficient (Wildman–Crippen LogP) is -2.31. The normalized spacial score (nSPS) is 9.08. The minimum absolute atomic E-state index is 0. The molecule has 1 N–H and O–H groups in total. The average Bonchev–Trinajstić information content (AvgIpc) is 2.04. The summed E-state index contributed by atoms with van der Waals surface area (Å²) in [7, 11) is 0. The molecule has 0 aliphatic rings. The Morgan fingerprint density at radius 1 is 1.17 bits per heavy atom. The van der Waals surface area contributed by atoms with Gasteiger partial charge in [0.1, 0.15) is 0 Å². The number of aryl methyl sites for hydroxylation is 1. The molecule has 0 bridgehead atoms. The first-order chi connectivity index (χ1) is 5.33. The maximum atomic E-state index is 10.6. The van der Waals surface area contributed by atoms with Gasteiger partial charge in [0.05, 0.1) is 0 Å². The molecule has 0 aromatic heterocycles. The second-order valence-corrected chi connectivity index (χ2v) is 2.47. The van der Waals surface area contributed by atoms with Gasteiger partial charge in [-0.2, -0.15) is 0 Å². The van der Waals surface area contributed by atoms with Gasteiger partial charge in [-0.3, -0.25) is 0 Å². The summed E-state index contributed by atoms with van der Waals surface area (Å²) in [5.41, 5.74) is 1.11. The molecule has 0 saturated heterocycles. The summed E-state index contributed by atoms with van der Waals surface area (Å²) in [6.07, 6.45) is 1.61. The Morgan fingerprint density at radius 3 is 2.25 bits per heavy atom. The maximum absolute atomic E-state index is 10.6. The van der Waals surface area contributed by atoms with Crippen LogP contribution in [-0.4, -0.2) is 11.7 Å². The Balaban J connectivity index is 0.00000121. The van der Waals surface area contributed by atoms with Crippen molar-refractivity contribution in [3.8, 4) is 5.75 Å². The van der Waals surface area contributed by atoms with Crippen molar-refractivity contribution in [2.75, 3.05) is 6.61 Å². The fraction of sp³-hybridized carbons (Fsp3) is 0.333. The first kappa shape index (κ1) is 12.6. The summed E-state index contributed by atoms with van der Waals surface area (Å²) in [6.45, 7) is 0.207. The Bertz CT molecular complexity index is 208. The van der Waals surface area contributed by atoms with Crippen LogP contribution in [0.1, 0.15) is 12.0 Å². The van der Waals surface area contributed by atoms with E-state index in [0.717, 1.165) is 18.4 Å². The number of hydrogen-bond acceptors (Lipinski definition) is 2. The van der Waals surface area contributed by atoms with Crippen LogP contribution in [-0.2, 0) is 6.42 Å². The van der Waals surface area contributed by atoms with Gasteiger partial charge in [0.15, 0.2) is 0 Å². The Hall–Kier alpha value is 0.616. The Labute approximate surface area is 115 Å². The second kappa shape index (κ2) is 7.06. The molecule has 0 amide bonds. The molecular weight excluding hydrogens is 179 g/mol. The standard InChI is InChI=1S/C9H12O2.K/c10-7-1-2-8-3-5-9(11)6-4-8;/h3-6,10-11H,1-2,7H2;/q;+1/p-1. The summed E-state index contributed by atoms with van der Waals surface area (Å²) in [5.74, 6) is 0.0396. The molecule has 0 heterocycles. The van der Waals surface area contributed by atoms with E-state index in [1.807, 2.05) is 0 Å².